The number of hydrogen-bond acceptors (Lipinski definition) is 4. The van der Waals surface area contributed by atoms with Crippen LogP contribution in [0.1, 0.15) is 65.7 Å². The Morgan fingerprint density at radius 3 is 2.68 bits per heavy atom. The maximum absolute atomic E-state index is 11.1. The van der Waals surface area contributed by atoms with Crippen LogP contribution in [0.3, 0.4) is 0 Å². The van der Waals surface area contributed by atoms with Crippen LogP contribution in [0.5, 0.6) is 0 Å². The molecule has 1 rings (SSSR count). The first-order chi connectivity index (χ1) is 11.9. The lowest BCUT2D eigenvalue weighted by Gasteiger charge is -2.22. The fourth-order valence-corrected chi connectivity index (χ4v) is 2.96. The molecule has 0 saturated carbocycles. The van der Waals surface area contributed by atoms with E-state index in [0.717, 1.165) is 12.8 Å². The summed E-state index contributed by atoms with van der Waals surface area (Å²) < 4.78 is 1.75. The summed E-state index contributed by atoms with van der Waals surface area (Å²) in [5.41, 5.74) is 0.693. The fourth-order valence-electron chi connectivity index (χ4n) is 2.96. The molecule has 0 amide bonds. The maximum atomic E-state index is 11.1. The van der Waals surface area contributed by atoms with Crippen molar-refractivity contribution >= 4 is 11.7 Å². The Morgan fingerprint density at radius 1 is 1.36 bits per heavy atom. The van der Waals surface area contributed by atoms with E-state index < -0.39 is 12.1 Å². The van der Waals surface area contributed by atoms with Crippen LogP contribution >= 0.6 is 0 Å². The monoisotopic (exact) mass is 353 g/mol. The molecule has 0 aromatic rings. The zero-order chi connectivity index (χ0) is 18.7. The molecule has 0 radical (unpaired) electrons. The van der Waals surface area contributed by atoms with Gasteiger partial charge in [0.15, 0.2) is 6.04 Å². The Balaban J connectivity index is 2.56. The second kappa shape index (κ2) is 11.9. The topological polar surface area (TPSA) is 73.0 Å². The Kier molecular flexibility index (Phi) is 10.2. The third-order valence-corrected chi connectivity index (χ3v) is 4.27. The molecule has 1 aliphatic heterocycles. The molecular weight excluding hydrogens is 320 g/mol. The van der Waals surface area contributed by atoms with E-state index in [1.54, 1.807) is 16.6 Å². The molecule has 0 spiro atoms. The first-order valence-electron chi connectivity index (χ1n) is 9.36. The van der Waals surface area contributed by atoms with Gasteiger partial charge in [0.1, 0.15) is 6.54 Å². The average Bonchev–Trinajstić information content (AvgIpc) is 2.67. The molecular formula is C19H33N2O4+. The molecule has 6 heteroatoms. The van der Waals surface area contributed by atoms with Gasteiger partial charge in [0, 0.05) is 25.3 Å². The first kappa shape index (κ1) is 21.5. The molecule has 0 bridgehead atoms. The number of aliphatic hydroxyl groups is 1. The SMILES string of the molecule is CCCCCCCCON1C#CC(C)=[N+](CC(=O)O)C(CC(C)O)C1. The van der Waals surface area contributed by atoms with E-state index in [1.165, 1.54) is 25.7 Å². The highest BCUT2D eigenvalue weighted by Gasteiger charge is 2.31. The van der Waals surface area contributed by atoms with Crippen molar-refractivity contribution in [1.82, 2.24) is 5.06 Å². The van der Waals surface area contributed by atoms with Crippen molar-refractivity contribution in [2.75, 3.05) is 19.7 Å². The summed E-state index contributed by atoms with van der Waals surface area (Å²) in [6.45, 7) is 6.67. The highest BCUT2D eigenvalue weighted by Crippen LogP contribution is 2.10. The lowest BCUT2D eigenvalue weighted by molar-refractivity contribution is -0.560. The highest BCUT2D eigenvalue weighted by atomic mass is 16.7. The van der Waals surface area contributed by atoms with Crippen molar-refractivity contribution in [3.8, 4) is 12.0 Å². The van der Waals surface area contributed by atoms with E-state index in [2.05, 4.69) is 18.9 Å². The summed E-state index contributed by atoms with van der Waals surface area (Å²) in [5, 5.41) is 20.5. The Hall–Kier alpha value is -1.58. The molecule has 0 aromatic heterocycles. The van der Waals surface area contributed by atoms with Crippen molar-refractivity contribution in [2.45, 2.75) is 77.9 Å². The van der Waals surface area contributed by atoms with Crippen LogP contribution in [-0.2, 0) is 9.63 Å². The summed E-state index contributed by atoms with van der Waals surface area (Å²) in [6.07, 6.45) is 7.11. The number of carboxylic acids is 1. The zero-order valence-electron chi connectivity index (χ0n) is 15.8. The molecule has 0 aliphatic carbocycles. The van der Waals surface area contributed by atoms with Gasteiger partial charge in [-0.15, -0.1) is 0 Å². The minimum absolute atomic E-state index is 0.122. The number of aliphatic hydroxyl groups excluding tert-OH is 1. The smallest absolute Gasteiger partial charge is 0.369 e. The normalized spacial score (nSPS) is 18.6. The molecule has 2 N–H and O–H groups in total. The second-order valence-electron chi connectivity index (χ2n) is 6.74. The first-order valence-corrected chi connectivity index (χ1v) is 9.36. The fraction of sp³-hybridized carbons (Fsp3) is 0.789. The number of carboxylic acid groups (broad SMARTS) is 1. The third-order valence-electron chi connectivity index (χ3n) is 4.27. The van der Waals surface area contributed by atoms with Crippen LogP contribution in [-0.4, -0.2) is 63.4 Å². The van der Waals surface area contributed by atoms with Crippen molar-refractivity contribution in [2.24, 2.45) is 0 Å². The van der Waals surface area contributed by atoms with E-state index in [9.17, 15) is 9.90 Å². The van der Waals surface area contributed by atoms with Crippen LogP contribution in [0.2, 0.25) is 0 Å². The maximum Gasteiger partial charge on any atom is 0.369 e. The van der Waals surface area contributed by atoms with Crippen LogP contribution in [0.25, 0.3) is 0 Å². The number of carbonyl (C=O) groups is 1. The Bertz CT molecular complexity index is 505. The number of hydroxylamine groups is 2. The van der Waals surface area contributed by atoms with Crippen molar-refractivity contribution < 1.29 is 24.4 Å². The number of nitrogens with zero attached hydrogens (tertiary/aromatic N) is 2. The summed E-state index contributed by atoms with van der Waals surface area (Å²) in [5.74, 6) is 2.07. The molecule has 2 unspecified atom stereocenters. The number of unbranched alkanes of at least 4 members (excludes halogenated alkanes) is 5. The minimum Gasteiger partial charge on any atom is -0.477 e. The van der Waals surface area contributed by atoms with Crippen LogP contribution in [0.15, 0.2) is 0 Å². The van der Waals surface area contributed by atoms with Gasteiger partial charge in [-0.2, -0.15) is 0 Å². The zero-order valence-corrected chi connectivity index (χ0v) is 15.8. The van der Waals surface area contributed by atoms with Gasteiger partial charge < -0.3 is 10.2 Å². The van der Waals surface area contributed by atoms with Gasteiger partial charge in [0.05, 0.1) is 12.7 Å². The number of rotatable bonds is 12. The summed E-state index contributed by atoms with van der Waals surface area (Å²) in [6, 6.07) is 2.79. The largest absolute Gasteiger partial charge is 0.477 e. The van der Waals surface area contributed by atoms with Gasteiger partial charge >= 0.3 is 5.97 Å². The molecule has 25 heavy (non-hydrogen) atoms. The van der Waals surface area contributed by atoms with Crippen LogP contribution in [0, 0.1) is 12.0 Å². The summed E-state index contributed by atoms with van der Waals surface area (Å²) >= 11 is 0. The minimum atomic E-state index is -0.904. The molecule has 2 atom stereocenters. The average molecular weight is 353 g/mol. The van der Waals surface area contributed by atoms with Gasteiger partial charge in [0.25, 0.3) is 0 Å². The van der Waals surface area contributed by atoms with Crippen LogP contribution in [0.4, 0.5) is 0 Å². The van der Waals surface area contributed by atoms with E-state index in [4.69, 9.17) is 9.94 Å². The summed E-state index contributed by atoms with van der Waals surface area (Å²) in [4.78, 5) is 16.9. The van der Waals surface area contributed by atoms with Crippen molar-refractivity contribution in [3.63, 3.8) is 0 Å². The van der Waals surface area contributed by atoms with Gasteiger partial charge in [0.2, 0.25) is 12.3 Å². The molecule has 1 heterocycles. The molecule has 0 aromatic carbocycles. The van der Waals surface area contributed by atoms with Gasteiger partial charge in [-0.05, 0) is 13.3 Å². The van der Waals surface area contributed by atoms with E-state index in [0.29, 0.717) is 25.3 Å². The van der Waals surface area contributed by atoms with Crippen molar-refractivity contribution in [3.05, 3.63) is 0 Å². The van der Waals surface area contributed by atoms with Gasteiger partial charge in [-0.3, -0.25) is 4.84 Å². The Morgan fingerprint density at radius 2 is 2.04 bits per heavy atom. The molecule has 142 valence electrons. The van der Waals surface area contributed by atoms with E-state index in [-0.39, 0.29) is 12.6 Å². The number of aliphatic carboxylic acids is 1. The predicted octanol–water partition coefficient (Wildman–Crippen LogP) is 2.25. The van der Waals surface area contributed by atoms with Crippen LogP contribution < -0.4 is 0 Å². The standard InChI is InChI=1S/C19H32N2O4/c1-4-5-6-7-8-9-12-25-20-11-10-16(2)21(15-19(23)24)18(14-20)13-17(3)22/h17-18,22H,4-9,12-15H2,1-3H3/p+1. The second-order valence-corrected chi connectivity index (χ2v) is 6.74. The predicted molar refractivity (Wildman–Crippen MR) is 97.3 cm³/mol. The lowest BCUT2D eigenvalue weighted by atomic mass is 10.1. The number of hydrogen-bond donors (Lipinski definition) is 2. The van der Waals surface area contributed by atoms with E-state index >= 15 is 0 Å². The van der Waals surface area contributed by atoms with E-state index in [1.807, 2.05) is 6.92 Å². The highest BCUT2D eigenvalue weighted by molar-refractivity contribution is 5.94. The third kappa shape index (κ3) is 8.89. The quantitative estimate of drug-likeness (QED) is 0.320. The molecule has 0 saturated heterocycles. The summed E-state index contributed by atoms with van der Waals surface area (Å²) in [7, 11) is 0. The van der Waals surface area contributed by atoms with Gasteiger partial charge in [-0.25, -0.2) is 14.4 Å². The van der Waals surface area contributed by atoms with Gasteiger partial charge in [-0.1, -0.05) is 39.0 Å². The molecule has 1 aliphatic rings. The van der Waals surface area contributed by atoms with Crippen molar-refractivity contribution in [1.29, 1.82) is 0 Å². The Labute approximate surface area is 151 Å². The lowest BCUT2D eigenvalue weighted by Crippen LogP contribution is -2.42. The molecule has 0 fully saturated rings. The molecule has 6 nitrogen and oxygen atoms in total.